The second kappa shape index (κ2) is 78.4. The quantitative estimate of drug-likeness (QED) is 0.0121. The molecule has 11 atom stereocenters. The van der Waals surface area contributed by atoms with Crippen molar-refractivity contribution in [2.45, 2.75) is 200 Å². The Morgan fingerprint density at radius 2 is 0.569 bits per heavy atom. The van der Waals surface area contributed by atoms with Gasteiger partial charge in [0.25, 0.3) is 0 Å². The van der Waals surface area contributed by atoms with Crippen LogP contribution in [0.1, 0.15) is 181 Å². The molecule has 0 amide bonds. The summed E-state index contributed by atoms with van der Waals surface area (Å²) in [5.41, 5.74) is -3.41. The molecule has 11 unspecified atom stereocenters. The molecule has 629 valence electrons. The van der Waals surface area contributed by atoms with E-state index in [4.69, 9.17) is 82.6 Å². The van der Waals surface area contributed by atoms with Gasteiger partial charge in [0.1, 0.15) is 12.2 Å². The van der Waals surface area contributed by atoms with Crippen LogP contribution in [0, 0.1) is 84.0 Å². The van der Waals surface area contributed by atoms with Crippen LogP contribution in [-0.2, 0) is 404 Å². The van der Waals surface area contributed by atoms with Crippen molar-refractivity contribution >= 4 is 54.8 Å². The van der Waals surface area contributed by atoms with Crippen LogP contribution in [0.15, 0.2) is 0 Å². The standard InChI is InChI=1S/C61H122O32P7.9Y/c1-13-24-40-83-99(73,74)92-57(48-79-54-61(36-20-8,37-21-9)38-22-10)93-100(75,76)89-51-58(12,49-87-95(65,66)81-41-28-26-25-27-39-62)50-88-96(67,68)86-47-56(45-78-53-60(33-17-5,34-18-6)35-19-7)91-98(71,72)84-43-29-42-82-94(63,64)85-46-55(90-97(69,70)80-23-11)44-77-52-59(30-14-2,31-15-3)32-16-4;;;;;;;;;/h55-57,62H,2-10,13-54H2,1,11-12H3,(H,63,64)(H,65,66)(H,67,68)(H,69,70)(H,71,72)(H,73,74)(H,75,76);;;;;;;;;/q-9;;;;;;;;;. The maximum Gasteiger partial charge on any atom is 0.474 e. The second-order valence-corrected chi connectivity index (χ2v) is 34.7. The summed E-state index contributed by atoms with van der Waals surface area (Å²) < 4.78 is 183. The van der Waals surface area contributed by atoms with Gasteiger partial charge in [-0.3, -0.25) is 63.3 Å². The first-order valence-corrected chi connectivity index (χ1v) is 44.3. The van der Waals surface area contributed by atoms with E-state index in [0.717, 1.165) is 6.92 Å². The molecule has 0 aliphatic heterocycles. The van der Waals surface area contributed by atoms with Crippen LogP contribution in [0.2, 0.25) is 0 Å². The average molecular weight is 2380 g/mol. The number of aliphatic hydroxyl groups is 1. The summed E-state index contributed by atoms with van der Waals surface area (Å²) in [6.45, 7) is 31.3. The Morgan fingerprint density at radius 3 is 0.899 bits per heavy atom. The molecule has 0 aromatic heterocycles. The Kier molecular flexibility index (Phi) is 101. The van der Waals surface area contributed by atoms with Gasteiger partial charge in [0.05, 0.1) is 106 Å². The van der Waals surface area contributed by atoms with Gasteiger partial charge in [-0.15, -0.1) is 0 Å². The molecule has 0 aromatic carbocycles. The first kappa shape index (κ1) is 140. The van der Waals surface area contributed by atoms with E-state index in [-0.39, 0.29) is 365 Å². The number of hydrogen-bond donors (Lipinski definition) is 8. The summed E-state index contributed by atoms with van der Waals surface area (Å²) in [5, 5.41) is 9.11. The van der Waals surface area contributed by atoms with Crippen LogP contribution in [0.5, 0.6) is 0 Å². The summed E-state index contributed by atoms with van der Waals surface area (Å²) in [6.07, 6.45) is 7.25. The number of ether oxygens (including phenoxy) is 3. The van der Waals surface area contributed by atoms with Crippen molar-refractivity contribution in [1.82, 2.24) is 0 Å². The summed E-state index contributed by atoms with van der Waals surface area (Å²) in [5.74, 6) is 0. The first-order chi connectivity index (χ1) is 46.9. The minimum absolute atomic E-state index is 0. The van der Waals surface area contributed by atoms with Gasteiger partial charge in [0.2, 0.25) is 6.29 Å². The van der Waals surface area contributed by atoms with Crippen LogP contribution < -0.4 is 0 Å². The minimum atomic E-state index is -5.52. The molecule has 0 fully saturated rings. The third kappa shape index (κ3) is 72.0. The van der Waals surface area contributed by atoms with Gasteiger partial charge in [-0.2, -0.15) is 57.8 Å². The third-order valence-electron chi connectivity index (χ3n) is 15.2. The van der Waals surface area contributed by atoms with Crippen molar-refractivity contribution in [2.24, 2.45) is 21.7 Å². The first-order valence-electron chi connectivity index (χ1n) is 33.9. The zero-order valence-electron chi connectivity index (χ0n) is 64.5. The largest absolute Gasteiger partial charge is 0.474 e. The van der Waals surface area contributed by atoms with Crippen molar-refractivity contribution in [3.8, 4) is 0 Å². The van der Waals surface area contributed by atoms with E-state index < -0.39 is 149 Å². The predicted octanol–water partition coefficient (Wildman–Crippen LogP) is 14.3. The molecule has 0 aliphatic carbocycles. The number of aliphatic hydroxyl groups excluding tert-OH is 1. The monoisotopic (exact) mass is 2380 g/mol. The molecule has 0 rings (SSSR count). The van der Waals surface area contributed by atoms with E-state index in [1.165, 1.54) is 6.92 Å². The molecule has 0 saturated carbocycles. The number of phosphoric ester groups is 7. The van der Waals surface area contributed by atoms with Gasteiger partial charge < -0.3 is 116 Å². The fourth-order valence-electron chi connectivity index (χ4n) is 10.4. The summed E-state index contributed by atoms with van der Waals surface area (Å²) in [7, 11) is -35.9. The Morgan fingerprint density at radius 1 is 0.303 bits per heavy atom. The van der Waals surface area contributed by atoms with E-state index in [1.807, 2.05) is 0 Å². The molecule has 0 aliphatic rings. The molecule has 0 saturated heterocycles. The number of unbranched alkanes of at least 4 members (excludes halogenated alkanes) is 4. The molecule has 0 spiro atoms. The zero-order valence-corrected chi connectivity index (χ0v) is 96.3. The fourth-order valence-corrected chi connectivity index (χ4v) is 16.6. The van der Waals surface area contributed by atoms with Crippen molar-refractivity contribution in [1.29, 1.82) is 0 Å². The molecule has 109 heavy (non-hydrogen) atoms. The maximum atomic E-state index is 13.8. The third-order valence-corrected chi connectivity index (χ3v) is 22.3. The van der Waals surface area contributed by atoms with Gasteiger partial charge in [0.15, 0.2) is 0 Å². The van der Waals surface area contributed by atoms with Gasteiger partial charge in [-0.1, -0.05) is 90.9 Å². The Bertz CT molecular complexity index is 2450. The molecule has 9 radical (unpaired) electrons. The van der Waals surface area contributed by atoms with E-state index in [0.29, 0.717) is 148 Å². The number of phosphoric acid groups is 7. The van der Waals surface area contributed by atoms with Gasteiger partial charge >= 0.3 is 54.8 Å². The molecule has 32 nitrogen and oxygen atoms in total. The normalized spacial score (nSPS) is 17.0. The van der Waals surface area contributed by atoms with Gasteiger partial charge in [-0.25, -0.2) is 32.0 Å². The smallest absolute Gasteiger partial charge is 0.396 e. The SMILES string of the molecule is [CH2-]CCC(CC[CH2-])(CC[CH2-])COCC(COP(=O)(O)OCCCOP(=O)(O)OC(COCC(CC[CH2-])(CC[CH2-])CC[CH2-])COP(=O)(O)OCC(C)(COP(=O)(O)OCCCCCCO)COP(=O)(O)OC(COCC(CC[CH2-])(CC[CH2-])CC[CH2-])OP(=O)(O)OCCCC)OP(=O)(O)OCC.[Y].[Y].[Y].[Y].[Y].[Y].[Y].[Y].[Y]. The van der Waals surface area contributed by atoms with Crippen LogP contribution >= 0.6 is 54.8 Å². The van der Waals surface area contributed by atoms with Crippen LogP contribution in [0.3, 0.4) is 0 Å². The number of hydrogen-bond acceptors (Lipinski definition) is 25. The van der Waals surface area contributed by atoms with Crippen LogP contribution in [0.4, 0.5) is 0 Å². The summed E-state index contributed by atoms with van der Waals surface area (Å²) in [6, 6.07) is 0. The zero-order chi connectivity index (χ0) is 76.0. The second-order valence-electron chi connectivity index (χ2n) is 24.7. The van der Waals surface area contributed by atoms with E-state index >= 15 is 0 Å². The average Bonchev–Trinajstić information content (AvgIpc) is 0.844. The van der Waals surface area contributed by atoms with Crippen molar-refractivity contribution in [2.75, 3.05) is 112 Å². The molecule has 0 bridgehead atoms. The van der Waals surface area contributed by atoms with Gasteiger partial charge in [-0.05, 0) is 48.9 Å². The summed E-state index contributed by atoms with van der Waals surface area (Å²) in [4.78, 5) is 75.4. The minimum Gasteiger partial charge on any atom is -0.396 e. The van der Waals surface area contributed by atoms with E-state index in [2.05, 4.69) is 62.3 Å². The van der Waals surface area contributed by atoms with Crippen molar-refractivity contribution < 1.29 is 443 Å². The molecular weight excluding hydrogens is 2260 g/mol. The molecule has 0 heterocycles. The maximum absolute atomic E-state index is 13.8. The van der Waals surface area contributed by atoms with Crippen LogP contribution in [-0.4, -0.2) is 170 Å². The number of rotatable bonds is 72. The topological polar surface area (TPSA) is 438 Å². The fraction of sp³-hybridized carbons (Fsp3) is 0.852. The summed E-state index contributed by atoms with van der Waals surface area (Å²) >= 11 is 0. The van der Waals surface area contributed by atoms with Crippen molar-refractivity contribution in [3.05, 3.63) is 62.3 Å². The molecule has 0 aromatic rings. The predicted molar refractivity (Wildman–Crippen MR) is 374 cm³/mol. The van der Waals surface area contributed by atoms with E-state index in [1.54, 1.807) is 6.92 Å². The van der Waals surface area contributed by atoms with Crippen LogP contribution in [0.25, 0.3) is 0 Å². The molecular formula is C61H122O32P7Y9-9. The van der Waals surface area contributed by atoms with Crippen molar-refractivity contribution in [3.63, 3.8) is 0 Å². The Balaban J connectivity index is -0.00000136. The molecule has 48 heteroatoms. The molecule has 8 N–H and O–H groups in total. The Labute approximate surface area is 879 Å². The van der Waals surface area contributed by atoms with Gasteiger partial charge in [0, 0.05) is 306 Å². The Hall–Kier alpha value is 10.5. The van der Waals surface area contributed by atoms with E-state index in [9.17, 15) is 66.2 Å².